The molecule has 3 rings (SSSR count). The van der Waals surface area contributed by atoms with E-state index in [1.807, 2.05) is 19.1 Å². The van der Waals surface area contributed by atoms with Gasteiger partial charge in [0.05, 0.1) is 29.5 Å². The van der Waals surface area contributed by atoms with Gasteiger partial charge in [0.25, 0.3) is 5.56 Å². The van der Waals surface area contributed by atoms with Crippen LogP contribution in [0.1, 0.15) is 34.9 Å². The molecule has 0 aliphatic rings. The van der Waals surface area contributed by atoms with Gasteiger partial charge in [-0.15, -0.1) is 0 Å². The number of benzene rings is 2. The molecule has 0 saturated heterocycles. The molecule has 0 atom stereocenters. The minimum atomic E-state index is -0.295. The SMILES string of the molecule is CCc1c(OC)ccc(C(=NC)C(=CN)c2ccc3c(=O)[nH]nc(CN)c3c2)c1C#N. The summed E-state index contributed by atoms with van der Waals surface area (Å²) in [6.07, 6.45) is 2.08. The van der Waals surface area contributed by atoms with Crippen molar-refractivity contribution in [1.82, 2.24) is 10.2 Å². The van der Waals surface area contributed by atoms with Crippen molar-refractivity contribution in [3.05, 3.63) is 74.8 Å². The highest BCUT2D eigenvalue weighted by molar-refractivity contribution is 6.32. The van der Waals surface area contributed by atoms with Crippen LogP contribution in [-0.2, 0) is 13.0 Å². The van der Waals surface area contributed by atoms with Gasteiger partial charge in [0.15, 0.2) is 0 Å². The van der Waals surface area contributed by atoms with E-state index in [1.165, 1.54) is 6.20 Å². The lowest BCUT2D eigenvalue weighted by Crippen LogP contribution is -2.14. The molecule has 1 heterocycles. The van der Waals surface area contributed by atoms with Gasteiger partial charge in [-0.3, -0.25) is 9.79 Å². The van der Waals surface area contributed by atoms with Crippen molar-refractivity contribution >= 4 is 22.1 Å². The lowest BCUT2D eigenvalue weighted by molar-refractivity contribution is 0.410. The van der Waals surface area contributed by atoms with Crippen LogP contribution in [0.15, 0.2) is 46.3 Å². The molecule has 0 amide bonds. The number of aliphatic imine (C=N–C) groups is 1. The number of ether oxygens (including phenoxy) is 1. The van der Waals surface area contributed by atoms with Crippen LogP contribution < -0.4 is 21.8 Å². The Hall–Kier alpha value is -3.96. The van der Waals surface area contributed by atoms with E-state index in [0.717, 1.165) is 11.1 Å². The summed E-state index contributed by atoms with van der Waals surface area (Å²) in [4.78, 5) is 16.6. The van der Waals surface area contributed by atoms with Crippen LogP contribution >= 0.6 is 0 Å². The van der Waals surface area contributed by atoms with Crippen LogP contribution in [0.2, 0.25) is 0 Å². The second kappa shape index (κ2) is 9.24. The number of nitriles is 1. The summed E-state index contributed by atoms with van der Waals surface area (Å²) in [5.41, 5.74) is 16.0. The maximum absolute atomic E-state index is 12.2. The number of fused-ring (bicyclic) bond motifs is 1. The lowest BCUT2D eigenvalue weighted by atomic mass is 9.89. The quantitative estimate of drug-likeness (QED) is 0.526. The summed E-state index contributed by atoms with van der Waals surface area (Å²) < 4.78 is 5.42. The number of methoxy groups -OCH3 is 1. The van der Waals surface area contributed by atoms with Crippen molar-refractivity contribution in [2.45, 2.75) is 19.9 Å². The topological polar surface area (TPSA) is 143 Å². The first-order valence-corrected chi connectivity index (χ1v) is 9.75. The van der Waals surface area contributed by atoms with Crippen molar-refractivity contribution in [2.75, 3.05) is 14.2 Å². The molecule has 0 bridgehead atoms. The summed E-state index contributed by atoms with van der Waals surface area (Å²) in [7, 11) is 3.23. The molecule has 0 aliphatic carbocycles. The number of H-pyrrole nitrogens is 1. The predicted octanol–water partition coefficient (Wildman–Crippen LogP) is 2.24. The molecule has 158 valence electrons. The van der Waals surface area contributed by atoms with E-state index in [9.17, 15) is 10.1 Å². The average molecular weight is 416 g/mol. The van der Waals surface area contributed by atoms with Crippen molar-refractivity contribution in [3.8, 4) is 11.8 Å². The lowest BCUT2D eigenvalue weighted by Gasteiger charge is -2.17. The van der Waals surface area contributed by atoms with Crippen LogP contribution in [0.25, 0.3) is 16.3 Å². The Bertz CT molecular complexity index is 1300. The van der Waals surface area contributed by atoms with Gasteiger partial charge in [0.2, 0.25) is 0 Å². The Morgan fingerprint density at radius 2 is 2.10 bits per heavy atom. The maximum atomic E-state index is 12.2. The van der Waals surface area contributed by atoms with E-state index in [2.05, 4.69) is 21.3 Å². The monoisotopic (exact) mass is 416 g/mol. The molecule has 1 aromatic heterocycles. The van der Waals surface area contributed by atoms with E-state index < -0.39 is 0 Å². The minimum absolute atomic E-state index is 0.171. The second-order valence-corrected chi connectivity index (χ2v) is 6.75. The molecule has 31 heavy (non-hydrogen) atoms. The Kier molecular flexibility index (Phi) is 6.48. The third kappa shape index (κ3) is 3.79. The van der Waals surface area contributed by atoms with E-state index in [4.69, 9.17) is 16.2 Å². The molecular weight excluding hydrogens is 392 g/mol. The first kappa shape index (κ1) is 21.7. The van der Waals surface area contributed by atoms with Gasteiger partial charge in [0.1, 0.15) is 11.8 Å². The molecule has 3 aromatic rings. The van der Waals surface area contributed by atoms with Gasteiger partial charge >= 0.3 is 0 Å². The van der Waals surface area contributed by atoms with Crippen LogP contribution in [0.5, 0.6) is 5.75 Å². The number of nitrogens with one attached hydrogen (secondary N) is 1. The van der Waals surface area contributed by atoms with Crippen molar-refractivity contribution < 1.29 is 4.74 Å². The molecule has 0 saturated carbocycles. The molecule has 0 spiro atoms. The van der Waals surface area contributed by atoms with Crippen LogP contribution in [0.4, 0.5) is 0 Å². The average Bonchev–Trinajstić information content (AvgIpc) is 2.81. The summed E-state index contributed by atoms with van der Waals surface area (Å²) >= 11 is 0. The smallest absolute Gasteiger partial charge is 0.272 e. The van der Waals surface area contributed by atoms with Gasteiger partial charge in [-0.2, -0.15) is 10.4 Å². The fourth-order valence-electron chi connectivity index (χ4n) is 3.74. The molecule has 8 nitrogen and oxygen atoms in total. The summed E-state index contributed by atoms with van der Waals surface area (Å²) in [6.45, 7) is 2.14. The first-order chi connectivity index (χ1) is 15.0. The molecule has 0 fully saturated rings. The normalized spacial score (nSPS) is 12.1. The highest BCUT2D eigenvalue weighted by atomic mass is 16.5. The van der Waals surface area contributed by atoms with E-state index >= 15 is 0 Å². The largest absolute Gasteiger partial charge is 0.496 e. The van der Waals surface area contributed by atoms with Gasteiger partial charge in [-0.1, -0.05) is 13.0 Å². The molecule has 5 N–H and O–H groups in total. The summed E-state index contributed by atoms with van der Waals surface area (Å²) in [5, 5.41) is 17.5. The summed E-state index contributed by atoms with van der Waals surface area (Å²) in [6, 6.07) is 11.2. The molecule has 0 radical (unpaired) electrons. The molecular formula is C23H24N6O2. The Balaban J connectivity index is 2.24. The number of nitrogens with zero attached hydrogens (tertiary/aromatic N) is 3. The van der Waals surface area contributed by atoms with Crippen molar-refractivity contribution in [2.24, 2.45) is 16.5 Å². The third-order valence-electron chi connectivity index (χ3n) is 5.23. The molecule has 2 aromatic carbocycles. The van der Waals surface area contributed by atoms with E-state index in [-0.39, 0.29) is 12.1 Å². The Labute approximate surface area is 179 Å². The van der Waals surface area contributed by atoms with Crippen molar-refractivity contribution in [1.29, 1.82) is 5.26 Å². The zero-order chi connectivity index (χ0) is 22.5. The Morgan fingerprint density at radius 3 is 2.68 bits per heavy atom. The van der Waals surface area contributed by atoms with Gasteiger partial charge < -0.3 is 16.2 Å². The van der Waals surface area contributed by atoms with E-state index in [0.29, 0.717) is 51.0 Å². The Morgan fingerprint density at radius 1 is 1.32 bits per heavy atom. The zero-order valence-corrected chi connectivity index (χ0v) is 17.7. The predicted molar refractivity (Wildman–Crippen MR) is 122 cm³/mol. The number of rotatable bonds is 6. The van der Waals surface area contributed by atoms with Gasteiger partial charge in [-0.25, -0.2) is 5.10 Å². The summed E-state index contributed by atoms with van der Waals surface area (Å²) in [5.74, 6) is 0.653. The van der Waals surface area contributed by atoms with Crippen LogP contribution in [-0.4, -0.2) is 30.1 Å². The van der Waals surface area contributed by atoms with Crippen molar-refractivity contribution in [3.63, 3.8) is 0 Å². The van der Waals surface area contributed by atoms with Crippen LogP contribution in [0.3, 0.4) is 0 Å². The standard InChI is InChI=1S/C23H24N6O2/c1-4-14-19(11-25)15(7-8-21(14)31-3)22(27-2)18(10-24)13-5-6-16-17(9-13)20(12-26)28-29-23(16)30/h5-10H,4,12,24,26H2,1-3H3,(H,29,30). The van der Waals surface area contributed by atoms with Gasteiger partial charge in [0, 0.05) is 41.9 Å². The number of hydrogen-bond acceptors (Lipinski definition) is 7. The number of hydrogen-bond donors (Lipinski definition) is 3. The second-order valence-electron chi connectivity index (χ2n) is 6.75. The first-order valence-electron chi connectivity index (χ1n) is 9.75. The fraction of sp³-hybridized carbons (Fsp3) is 0.217. The minimum Gasteiger partial charge on any atom is -0.496 e. The molecule has 8 heteroatoms. The maximum Gasteiger partial charge on any atom is 0.272 e. The third-order valence-corrected chi connectivity index (χ3v) is 5.23. The molecule has 0 unspecified atom stereocenters. The van der Waals surface area contributed by atoms with E-state index in [1.54, 1.807) is 32.4 Å². The highest BCUT2D eigenvalue weighted by Crippen LogP contribution is 2.30. The van der Waals surface area contributed by atoms with Crippen LogP contribution in [0, 0.1) is 11.3 Å². The number of aromatic amines is 1. The fourth-order valence-corrected chi connectivity index (χ4v) is 3.74. The number of aromatic nitrogens is 2. The number of allylic oxidation sites excluding steroid dienone is 1. The molecule has 0 aliphatic heterocycles. The number of nitrogens with two attached hydrogens (primary N) is 2. The highest BCUT2D eigenvalue weighted by Gasteiger charge is 2.20. The zero-order valence-electron chi connectivity index (χ0n) is 17.7. The van der Waals surface area contributed by atoms with Gasteiger partial charge in [-0.05, 0) is 36.2 Å².